The van der Waals surface area contributed by atoms with Gasteiger partial charge < -0.3 is 24.8 Å². The molecule has 28 heavy (non-hydrogen) atoms. The van der Waals surface area contributed by atoms with Crippen LogP contribution >= 0.6 is 15.9 Å². The number of rotatable bonds is 9. The van der Waals surface area contributed by atoms with Crippen molar-refractivity contribution in [2.75, 3.05) is 32.2 Å². The lowest BCUT2D eigenvalue weighted by Crippen LogP contribution is -2.36. The highest BCUT2D eigenvalue weighted by Crippen LogP contribution is 2.20. The standard InChI is InChI=1S/C19H19BrN2O6/c1-26-13-6-8-14(9-7-13)27-12-19(25)28-11-18(24)21-10-17(23)22-16-5-3-2-4-15(16)20/h2-9H,10-12H2,1H3,(H,21,24)(H,22,23). The van der Waals surface area contributed by atoms with E-state index in [0.29, 0.717) is 17.2 Å². The van der Waals surface area contributed by atoms with Crippen molar-refractivity contribution in [3.05, 3.63) is 53.0 Å². The molecule has 2 N–H and O–H groups in total. The molecule has 0 radical (unpaired) electrons. The fraction of sp³-hybridized carbons (Fsp3) is 0.211. The van der Waals surface area contributed by atoms with Crippen LogP contribution in [0.1, 0.15) is 0 Å². The molecule has 0 saturated carbocycles. The number of hydrogen-bond donors (Lipinski definition) is 2. The molecule has 0 spiro atoms. The van der Waals surface area contributed by atoms with E-state index in [1.807, 2.05) is 6.07 Å². The van der Waals surface area contributed by atoms with Crippen molar-refractivity contribution in [3.63, 3.8) is 0 Å². The van der Waals surface area contributed by atoms with Crippen molar-refractivity contribution in [2.45, 2.75) is 0 Å². The maximum absolute atomic E-state index is 11.8. The van der Waals surface area contributed by atoms with Gasteiger partial charge in [-0.3, -0.25) is 9.59 Å². The highest BCUT2D eigenvalue weighted by atomic mass is 79.9. The third-order valence-corrected chi connectivity index (χ3v) is 4.07. The minimum absolute atomic E-state index is 0.250. The van der Waals surface area contributed by atoms with Gasteiger partial charge in [0.2, 0.25) is 5.91 Å². The maximum atomic E-state index is 11.8. The van der Waals surface area contributed by atoms with Crippen LogP contribution in [0.15, 0.2) is 53.0 Å². The molecule has 0 atom stereocenters. The van der Waals surface area contributed by atoms with Crippen LogP contribution in [-0.4, -0.2) is 44.7 Å². The summed E-state index contributed by atoms with van der Waals surface area (Å²) in [6.45, 7) is -1.10. The Morgan fingerprint density at radius 1 is 0.929 bits per heavy atom. The van der Waals surface area contributed by atoms with Crippen LogP contribution in [0, 0.1) is 0 Å². The molecule has 0 aliphatic rings. The molecule has 0 aromatic heterocycles. The van der Waals surface area contributed by atoms with Gasteiger partial charge in [0, 0.05) is 4.47 Å². The Morgan fingerprint density at radius 3 is 2.29 bits per heavy atom. The summed E-state index contributed by atoms with van der Waals surface area (Å²) >= 11 is 3.31. The van der Waals surface area contributed by atoms with Gasteiger partial charge in [0.05, 0.1) is 19.3 Å². The number of carbonyl (C=O) groups excluding carboxylic acids is 3. The van der Waals surface area contributed by atoms with Gasteiger partial charge >= 0.3 is 5.97 Å². The Kier molecular flexibility index (Phi) is 8.29. The second-order valence-electron chi connectivity index (χ2n) is 5.43. The lowest BCUT2D eigenvalue weighted by Gasteiger charge is -2.09. The van der Waals surface area contributed by atoms with Crippen LogP contribution in [0.3, 0.4) is 0 Å². The summed E-state index contributed by atoms with van der Waals surface area (Å²) < 4.78 is 15.8. The normalized spacial score (nSPS) is 9.93. The van der Waals surface area contributed by atoms with E-state index in [2.05, 4.69) is 26.6 Å². The minimum atomic E-state index is -0.705. The number of para-hydroxylation sites is 1. The predicted octanol–water partition coefficient (Wildman–Crippen LogP) is 2.13. The number of ether oxygens (including phenoxy) is 3. The molecule has 0 saturated heterocycles. The van der Waals surface area contributed by atoms with Gasteiger partial charge in [-0.2, -0.15) is 0 Å². The quantitative estimate of drug-likeness (QED) is 0.567. The molecular formula is C19H19BrN2O6. The van der Waals surface area contributed by atoms with Crippen LogP contribution in [0.25, 0.3) is 0 Å². The largest absolute Gasteiger partial charge is 0.497 e. The number of carbonyl (C=O) groups is 3. The summed E-state index contributed by atoms with van der Waals surface area (Å²) in [5, 5.41) is 5.01. The van der Waals surface area contributed by atoms with E-state index in [-0.39, 0.29) is 13.2 Å². The Balaban J connectivity index is 1.63. The molecule has 8 nitrogen and oxygen atoms in total. The molecule has 0 bridgehead atoms. The van der Waals surface area contributed by atoms with Crippen molar-refractivity contribution in [1.29, 1.82) is 0 Å². The van der Waals surface area contributed by atoms with Gasteiger partial charge in [0.25, 0.3) is 5.91 Å². The average Bonchev–Trinajstić information content (AvgIpc) is 2.71. The maximum Gasteiger partial charge on any atom is 0.344 e. The highest BCUT2D eigenvalue weighted by Gasteiger charge is 2.11. The molecule has 2 amide bonds. The number of amides is 2. The number of benzene rings is 2. The first-order chi connectivity index (χ1) is 13.5. The fourth-order valence-electron chi connectivity index (χ4n) is 1.99. The summed E-state index contributed by atoms with van der Waals surface area (Å²) in [6.07, 6.45) is 0. The second kappa shape index (κ2) is 10.9. The third kappa shape index (κ3) is 7.28. The molecule has 0 fully saturated rings. The summed E-state index contributed by atoms with van der Waals surface area (Å²) in [5.74, 6) is -0.584. The van der Waals surface area contributed by atoms with Crippen LogP contribution in [0.2, 0.25) is 0 Å². The molecule has 2 rings (SSSR count). The smallest absolute Gasteiger partial charge is 0.344 e. The SMILES string of the molecule is COc1ccc(OCC(=O)OCC(=O)NCC(=O)Nc2ccccc2Br)cc1. The van der Waals surface area contributed by atoms with Crippen LogP contribution in [0.4, 0.5) is 5.69 Å². The number of hydrogen-bond acceptors (Lipinski definition) is 6. The molecule has 0 unspecified atom stereocenters. The Bertz CT molecular complexity index is 825. The van der Waals surface area contributed by atoms with E-state index in [9.17, 15) is 14.4 Å². The molecule has 0 aliphatic heterocycles. The fourth-order valence-corrected chi connectivity index (χ4v) is 2.37. The second-order valence-corrected chi connectivity index (χ2v) is 6.28. The molecule has 0 aliphatic carbocycles. The third-order valence-electron chi connectivity index (χ3n) is 3.37. The summed E-state index contributed by atoms with van der Waals surface area (Å²) in [7, 11) is 1.54. The summed E-state index contributed by atoms with van der Waals surface area (Å²) in [4.78, 5) is 35.1. The first-order valence-corrected chi connectivity index (χ1v) is 9.01. The predicted molar refractivity (Wildman–Crippen MR) is 105 cm³/mol. The molecule has 0 heterocycles. The van der Waals surface area contributed by atoms with Gasteiger partial charge in [-0.1, -0.05) is 12.1 Å². The topological polar surface area (TPSA) is 103 Å². The van der Waals surface area contributed by atoms with Crippen molar-refractivity contribution >= 4 is 39.4 Å². The lowest BCUT2D eigenvalue weighted by molar-refractivity contribution is -0.150. The molecule has 148 valence electrons. The van der Waals surface area contributed by atoms with Gasteiger partial charge in [-0.15, -0.1) is 0 Å². The van der Waals surface area contributed by atoms with Crippen molar-refractivity contribution < 1.29 is 28.6 Å². The minimum Gasteiger partial charge on any atom is -0.497 e. The average molecular weight is 451 g/mol. The van der Waals surface area contributed by atoms with Gasteiger partial charge in [0.15, 0.2) is 13.2 Å². The summed E-state index contributed by atoms with van der Waals surface area (Å²) in [6, 6.07) is 13.7. The Hall–Kier alpha value is -3.07. The van der Waals surface area contributed by atoms with Crippen LogP contribution in [0.5, 0.6) is 11.5 Å². The first kappa shape index (κ1) is 21.2. The molecular weight excluding hydrogens is 432 g/mol. The monoisotopic (exact) mass is 450 g/mol. The first-order valence-electron chi connectivity index (χ1n) is 8.21. The van der Waals surface area contributed by atoms with Gasteiger partial charge in [-0.25, -0.2) is 4.79 Å². The van der Waals surface area contributed by atoms with E-state index in [4.69, 9.17) is 14.2 Å². The zero-order chi connectivity index (χ0) is 20.4. The Morgan fingerprint density at radius 2 is 1.61 bits per heavy atom. The molecule has 2 aromatic carbocycles. The van der Waals surface area contributed by atoms with Gasteiger partial charge in [0.1, 0.15) is 11.5 Å². The van der Waals surface area contributed by atoms with E-state index in [0.717, 1.165) is 4.47 Å². The number of halogens is 1. The number of methoxy groups -OCH3 is 1. The highest BCUT2D eigenvalue weighted by molar-refractivity contribution is 9.10. The van der Waals surface area contributed by atoms with E-state index >= 15 is 0 Å². The number of anilines is 1. The zero-order valence-corrected chi connectivity index (χ0v) is 16.7. The number of nitrogens with one attached hydrogen (secondary N) is 2. The molecule has 9 heteroatoms. The van der Waals surface area contributed by atoms with Crippen LogP contribution < -0.4 is 20.1 Å². The van der Waals surface area contributed by atoms with E-state index in [1.165, 1.54) is 0 Å². The van der Waals surface area contributed by atoms with E-state index < -0.39 is 24.4 Å². The van der Waals surface area contributed by atoms with Crippen LogP contribution in [-0.2, 0) is 19.1 Å². The zero-order valence-electron chi connectivity index (χ0n) is 15.1. The van der Waals surface area contributed by atoms with Crippen molar-refractivity contribution in [2.24, 2.45) is 0 Å². The summed E-state index contributed by atoms with van der Waals surface area (Å²) in [5.41, 5.74) is 0.587. The van der Waals surface area contributed by atoms with Crippen molar-refractivity contribution in [1.82, 2.24) is 5.32 Å². The number of esters is 1. The molecule has 2 aromatic rings. The Labute approximate surface area is 170 Å². The lowest BCUT2D eigenvalue weighted by atomic mass is 10.3. The van der Waals surface area contributed by atoms with Crippen molar-refractivity contribution in [3.8, 4) is 11.5 Å². The van der Waals surface area contributed by atoms with E-state index in [1.54, 1.807) is 49.6 Å². The van der Waals surface area contributed by atoms with Gasteiger partial charge in [-0.05, 0) is 52.3 Å².